The van der Waals surface area contributed by atoms with Crippen LogP contribution in [0.3, 0.4) is 0 Å². The van der Waals surface area contributed by atoms with E-state index in [1.54, 1.807) is 32.9 Å². The van der Waals surface area contributed by atoms with Crippen molar-refractivity contribution in [1.29, 1.82) is 0 Å². The first-order chi connectivity index (χ1) is 9.66. The van der Waals surface area contributed by atoms with E-state index in [0.29, 0.717) is 0 Å². The van der Waals surface area contributed by atoms with E-state index in [9.17, 15) is 19.8 Å². The van der Waals surface area contributed by atoms with Crippen molar-refractivity contribution < 1.29 is 24.5 Å². The van der Waals surface area contributed by atoms with Crippen LogP contribution < -0.4 is 0 Å². The molecule has 1 aromatic rings. The van der Waals surface area contributed by atoms with Gasteiger partial charge < -0.3 is 14.9 Å². The fourth-order valence-corrected chi connectivity index (χ4v) is 2.16. The van der Waals surface area contributed by atoms with E-state index in [1.807, 2.05) is 0 Å². The molecule has 0 unspecified atom stereocenters. The van der Waals surface area contributed by atoms with Gasteiger partial charge in [0.1, 0.15) is 11.8 Å². The molecule has 0 aliphatic rings. The molecule has 0 aliphatic carbocycles. The normalized spacial score (nSPS) is 12.6. The number of hydrogen-bond acceptors (Lipinski definition) is 4. The Bertz CT molecular complexity index is 504. The quantitative estimate of drug-likeness (QED) is 0.832. The fraction of sp³-hybridized carbons (Fsp3) is 0.467. The van der Waals surface area contributed by atoms with Crippen molar-refractivity contribution in [3.8, 4) is 5.75 Å². The first-order valence-corrected chi connectivity index (χ1v) is 6.55. The molecule has 0 spiro atoms. The van der Waals surface area contributed by atoms with Gasteiger partial charge in [-0.15, -0.1) is 0 Å². The maximum absolute atomic E-state index is 12.0. The van der Waals surface area contributed by atoms with Gasteiger partial charge in [0, 0.05) is 12.0 Å². The molecule has 1 aromatic carbocycles. The number of rotatable bonds is 4. The predicted molar refractivity (Wildman–Crippen MR) is 77.2 cm³/mol. The van der Waals surface area contributed by atoms with E-state index in [-0.39, 0.29) is 12.2 Å². The molecule has 6 nitrogen and oxygen atoms in total. The highest BCUT2D eigenvalue weighted by Crippen LogP contribution is 2.22. The van der Waals surface area contributed by atoms with E-state index in [0.717, 1.165) is 10.5 Å². The molecule has 0 saturated heterocycles. The number of methoxy groups -OCH3 is 1. The Hall–Kier alpha value is -2.24. The number of nitrogens with zero attached hydrogens (tertiary/aromatic N) is 1. The fourth-order valence-electron chi connectivity index (χ4n) is 2.16. The zero-order valence-corrected chi connectivity index (χ0v) is 12.7. The van der Waals surface area contributed by atoms with Crippen LogP contribution >= 0.6 is 0 Å². The monoisotopic (exact) mass is 295 g/mol. The Morgan fingerprint density at radius 3 is 2.14 bits per heavy atom. The van der Waals surface area contributed by atoms with Gasteiger partial charge in [0.05, 0.1) is 7.11 Å². The number of carboxylic acid groups (broad SMARTS) is 1. The third-order valence-electron chi connectivity index (χ3n) is 3.08. The second kappa shape index (κ2) is 6.47. The third kappa shape index (κ3) is 4.37. The number of phenols is 1. The van der Waals surface area contributed by atoms with Gasteiger partial charge in [0.2, 0.25) is 0 Å². The molecule has 0 radical (unpaired) electrons. The van der Waals surface area contributed by atoms with Gasteiger partial charge >= 0.3 is 12.1 Å². The summed E-state index contributed by atoms with van der Waals surface area (Å²) in [6, 6.07) is 5.33. The molecule has 1 atom stereocenters. The summed E-state index contributed by atoms with van der Waals surface area (Å²) in [6.45, 7) is 5.15. The topological polar surface area (TPSA) is 87.1 Å². The lowest BCUT2D eigenvalue weighted by Gasteiger charge is -2.38. The zero-order chi connectivity index (χ0) is 16.2. The van der Waals surface area contributed by atoms with E-state index < -0.39 is 23.6 Å². The average molecular weight is 295 g/mol. The lowest BCUT2D eigenvalue weighted by Crippen LogP contribution is -2.55. The first-order valence-electron chi connectivity index (χ1n) is 6.55. The minimum atomic E-state index is -1.18. The van der Waals surface area contributed by atoms with Crippen molar-refractivity contribution in [2.75, 3.05) is 7.11 Å². The van der Waals surface area contributed by atoms with Crippen LogP contribution in [0.15, 0.2) is 24.3 Å². The maximum atomic E-state index is 12.0. The molecule has 1 amide bonds. The van der Waals surface area contributed by atoms with Gasteiger partial charge in [-0.1, -0.05) is 12.1 Å². The first kappa shape index (κ1) is 16.8. The number of carbonyl (C=O) groups is 2. The molecule has 21 heavy (non-hydrogen) atoms. The van der Waals surface area contributed by atoms with Gasteiger partial charge in [-0.2, -0.15) is 0 Å². The van der Waals surface area contributed by atoms with Crippen LogP contribution in [-0.4, -0.2) is 45.9 Å². The minimum Gasteiger partial charge on any atom is -0.508 e. The number of phenolic OH excluding ortho intramolecular Hbond substituents is 1. The van der Waals surface area contributed by atoms with Crippen molar-refractivity contribution in [1.82, 2.24) is 4.90 Å². The molecule has 0 aliphatic heterocycles. The van der Waals surface area contributed by atoms with Crippen LogP contribution in [0.25, 0.3) is 0 Å². The summed E-state index contributed by atoms with van der Waals surface area (Å²) in [5.74, 6) is -0.500. The smallest absolute Gasteiger partial charge is 0.408 e. The lowest BCUT2D eigenvalue weighted by atomic mass is 9.98. The predicted octanol–water partition coefficient (Wildman–Crippen LogP) is 2.25. The molecule has 6 heteroatoms. The number of esters is 1. The van der Waals surface area contributed by atoms with Crippen LogP contribution in [0.5, 0.6) is 5.75 Å². The van der Waals surface area contributed by atoms with E-state index in [2.05, 4.69) is 0 Å². The largest absolute Gasteiger partial charge is 0.508 e. The van der Waals surface area contributed by atoms with E-state index >= 15 is 0 Å². The molecule has 116 valence electrons. The molecule has 0 fully saturated rings. The molecule has 0 bridgehead atoms. The Morgan fingerprint density at radius 1 is 1.24 bits per heavy atom. The maximum Gasteiger partial charge on any atom is 0.408 e. The highest BCUT2D eigenvalue weighted by atomic mass is 16.5. The van der Waals surface area contributed by atoms with E-state index in [1.165, 1.54) is 19.2 Å². The summed E-state index contributed by atoms with van der Waals surface area (Å²) in [5, 5.41) is 18.7. The summed E-state index contributed by atoms with van der Waals surface area (Å²) >= 11 is 0. The number of amides is 1. The van der Waals surface area contributed by atoms with Gasteiger partial charge in [-0.25, -0.2) is 9.59 Å². The SMILES string of the molecule is COC(=O)[C@H](Cc1ccc(O)cc1)N(C(=O)O)C(C)(C)C. The minimum absolute atomic E-state index is 0.110. The number of aromatic hydroxyl groups is 1. The highest BCUT2D eigenvalue weighted by Gasteiger charge is 2.38. The average Bonchev–Trinajstić information content (AvgIpc) is 2.37. The summed E-state index contributed by atoms with van der Waals surface area (Å²) in [5.41, 5.74) is -0.0135. The second-order valence-corrected chi connectivity index (χ2v) is 5.73. The van der Waals surface area contributed by atoms with Crippen LogP contribution in [0, 0.1) is 0 Å². The standard InChI is InChI=1S/C15H21NO5/c1-15(2,3)16(14(19)20)12(13(18)21-4)9-10-5-7-11(17)8-6-10/h5-8,12,17H,9H2,1-4H3,(H,19,20)/t12-/m0/s1. The Labute approximate surface area is 124 Å². The van der Waals surface area contributed by atoms with Crippen LogP contribution in [0.1, 0.15) is 26.3 Å². The summed E-state index contributed by atoms with van der Waals surface area (Å²) < 4.78 is 4.74. The molecular formula is C15H21NO5. The summed E-state index contributed by atoms with van der Waals surface area (Å²) in [4.78, 5) is 24.6. The number of ether oxygens (including phenoxy) is 1. The molecule has 0 heterocycles. The molecule has 0 aromatic heterocycles. The molecule has 2 N–H and O–H groups in total. The van der Waals surface area contributed by atoms with Gasteiger partial charge in [-0.05, 0) is 38.5 Å². The van der Waals surface area contributed by atoms with Crippen molar-refractivity contribution in [3.05, 3.63) is 29.8 Å². The number of carbonyl (C=O) groups excluding carboxylic acids is 1. The number of benzene rings is 1. The van der Waals surface area contributed by atoms with Crippen molar-refractivity contribution in [2.45, 2.75) is 38.8 Å². The summed E-state index contributed by atoms with van der Waals surface area (Å²) in [7, 11) is 1.23. The Morgan fingerprint density at radius 2 is 1.76 bits per heavy atom. The van der Waals surface area contributed by atoms with Gasteiger partial charge in [0.15, 0.2) is 0 Å². The second-order valence-electron chi connectivity index (χ2n) is 5.73. The molecule has 1 rings (SSSR count). The van der Waals surface area contributed by atoms with Gasteiger partial charge in [0.25, 0.3) is 0 Å². The Balaban J connectivity index is 3.12. The van der Waals surface area contributed by atoms with Crippen LogP contribution in [-0.2, 0) is 16.0 Å². The third-order valence-corrected chi connectivity index (χ3v) is 3.08. The van der Waals surface area contributed by atoms with Crippen molar-refractivity contribution in [2.24, 2.45) is 0 Å². The zero-order valence-electron chi connectivity index (χ0n) is 12.7. The summed E-state index contributed by atoms with van der Waals surface area (Å²) in [6.07, 6.45) is -1.01. The van der Waals surface area contributed by atoms with Gasteiger partial charge in [-0.3, -0.25) is 4.90 Å². The number of hydrogen-bond donors (Lipinski definition) is 2. The van der Waals surface area contributed by atoms with Crippen LogP contribution in [0.2, 0.25) is 0 Å². The Kier molecular flexibility index (Phi) is 5.18. The van der Waals surface area contributed by atoms with E-state index in [4.69, 9.17) is 4.74 Å². The van der Waals surface area contributed by atoms with Crippen molar-refractivity contribution >= 4 is 12.1 Å². The highest BCUT2D eigenvalue weighted by molar-refractivity contribution is 5.81. The van der Waals surface area contributed by atoms with Crippen molar-refractivity contribution in [3.63, 3.8) is 0 Å². The lowest BCUT2D eigenvalue weighted by molar-refractivity contribution is -0.148. The molecular weight excluding hydrogens is 274 g/mol. The van der Waals surface area contributed by atoms with Crippen LogP contribution in [0.4, 0.5) is 4.79 Å². The molecule has 0 saturated carbocycles.